The second-order valence-corrected chi connectivity index (χ2v) is 7.78. The van der Waals surface area contributed by atoms with Crippen molar-refractivity contribution in [1.82, 2.24) is 14.9 Å². The third kappa shape index (κ3) is 4.43. The lowest BCUT2D eigenvalue weighted by Gasteiger charge is -2.32. The van der Waals surface area contributed by atoms with Gasteiger partial charge < -0.3 is 5.32 Å². The van der Waals surface area contributed by atoms with Crippen molar-refractivity contribution in [3.63, 3.8) is 0 Å². The summed E-state index contributed by atoms with van der Waals surface area (Å²) in [6.45, 7) is 2.75. The summed E-state index contributed by atoms with van der Waals surface area (Å²) in [6, 6.07) is 13.3. The molecule has 1 aromatic heterocycles. The van der Waals surface area contributed by atoms with Crippen LogP contribution in [0.5, 0.6) is 0 Å². The van der Waals surface area contributed by atoms with E-state index in [9.17, 15) is 4.79 Å². The number of nitrogens with zero attached hydrogens (tertiary/aromatic N) is 2. The van der Waals surface area contributed by atoms with E-state index in [1.807, 2.05) is 30.3 Å². The van der Waals surface area contributed by atoms with Crippen LogP contribution in [0.2, 0.25) is 10.0 Å². The number of nitrogens with one attached hydrogen (secondary N) is 2. The van der Waals surface area contributed by atoms with Crippen molar-refractivity contribution >= 4 is 40.1 Å². The monoisotopic (exact) mass is 402 g/mol. The molecule has 4 rings (SSSR count). The molecule has 1 saturated heterocycles. The highest BCUT2D eigenvalue weighted by Gasteiger charge is 2.20. The van der Waals surface area contributed by atoms with Crippen LogP contribution in [0.4, 0.5) is 5.95 Å². The Kier molecular flexibility index (Phi) is 5.34. The first-order valence-electron chi connectivity index (χ1n) is 9.00. The normalized spacial score (nSPS) is 15.9. The molecule has 2 heterocycles. The Morgan fingerprint density at radius 1 is 1.11 bits per heavy atom. The van der Waals surface area contributed by atoms with E-state index in [4.69, 9.17) is 23.2 Å². The molecule has 0 amide bonds. The molecule has 0 unspecified atom stereocenters. The van der Waals surface area contributed by atoms with Crippen LogP contribution >= 0.6 is 23.2 Å². The highest BCUT2D eigenvalue weighted by Crippen LogP contribution is 2.22. The van der Waals surface area contributed by atoms with Gasteiger partial charge in [-0.3, -0.25) is 14.7 Å². The number of piperidine rings is 1. The first-order valence-corrected chi connectivity index (χ1v) is 9.75. The van der Waals surface area contributed by atoms with Gasteiger partial charge >= 0.3 is 0 Å². The van der Waals surface area contributed by atoms with Crippen LogP contribution in [0.1, 0.15) is 18.4 Å². The lowest BCUT2D eigenvalue weighted by molar-refractivity contribution is 0.211. The van der Waals surface area contributed by atoms with Crippen molar-refractivity contribution < 1.29 is 0 Å². The average molecular weight is 403 g/mol. The van der Waals surface area contributed by atoms with E-state index in [0.717, 1.165) is 38.0 Å². The van der Waals surface area contributed by atoms with Gasteiger partial charge in [-0.15, -0.1) is 0 Å². The molecule has 1 fully saturated rings. The molecular weight excluding hydrogens is 383 g/mol. The number of likely N-dealkylation sites (tertiary alicyclic amines) is 1. The van der Waals surface area contributed by atoms with Crippen molar-refractivity contribution in [1.29, 1.82) is 0 Å². The smallest absolute Gasteiger partial charge is 0.260 e. The minimum atomic E-state index is -0.113. The van der Waals surface area contributed by atoms with Gasteiger partial charge in [0, 0.05) is 35.7 Å². The maximum Gasteiger partial charge on any atom is 0.260 e. The number of hydrogen-bond donors (Lipinski definition) is 2. The van der Waals surface area contributed by atoms with Crippen LogP contribution in [-0.4, -0.2) is 34.0 Å². The first kappa shape index (κ1) is 18.3. The van der Waals surface area contributed by atoms with Crippen molar-refractivity contribution in [3.8, 4) is 0 Å². The Hall–Kier alpha value is -2.08. The molecule has 2 N–H and O–H groups in total. The molecule has 0 bridgehead atoms. The number of anilines is 1. The molecule has 0 radical (unpaired) electrons. The van der Waals surface area contributed by atoms with Gasteiger partial charge in [0.1, 0.15) is 0 Å². The largest absolute Gasteiger partial charge is 0.353 e. The molecule has 7 heteroatoms. The minimum Gasteiger partial charge on any atom is -0.353 e. The zero-order valence-corrected chi connectivity index (χ0v) is 16.2. The molecule has 0 aliphatic carbocycles. The lowest BCUT2D eigenvalue weighted by Crippen LogP contribution is -2.39. The molecule has 3 aromatic rings. The van der Waals surface area contributed by atoms with E-state index < -0.39 is 0 Å². The van der Waals surface area contributed by atoms with E-state index in [0.29, 0.717) is 26.9 Å². The highest BCUT2D eigenvalue weighted by molar-refractivity contribution is 6.34. The summed E-state index contributed by atoms with van der Waals surface area (Å²) in [4.78, 5) is 21.9. The number of para-hydroxylation sites is 1. The molecule has 2 aromatic carbocycles. The second-order valence-electron chi connectivity index (χ2n) is 6.90. The molecule has 140 valence electrons. The number of aromatic amines is 1. The van der Waals surface area contributed by atoms with Crippen LogP contribution in [0, 0.1) is 0 Å². The number of hydrogen-bond acceptors (Lipinski definition) is 4. The molecule has 1 aliphatic rings. The van der Waals surface area contributed by atoms with E-state index in [1.54, 1.807) is 12.1 Å². The quantitative estimate of drug-likeness (QED) is 0.682. The third-order valence-corrected chi connectivity index (χ3v) is 5.31. The topological polar surface area (TPSA) is 61.0 Å². The van der Waals surface area contributed by atoms with Gasteiger partial charge in [-0.2, -0.15) is 0 Å². The van der Waals surface area contributed by atoms with Crippen LogP contribution in [0.15, 0.2) is 47.3 Å². The number of H-pyrrole nitrogens is 1. The van der Waals surface area contributed by atoms with Gasteiger partial charge in [-0.05, 0) is 48.7 Å². The fourth-order valence-corrected chi connectivity index (χ4v) is 4.12. The Bertz CT molecular complexity index is 992. The van der Waals surface area contributed by atoms with Crippen LogP contribution in [-0.2, 0) is 6.54 Å². The third-order valence-electron chi connectivity index (χ3n) is 4.87. The first-order chi connectivity index (χ1) is 13.1. The predicted octanol–water partition coefficient (Wildman–Crippen LogP) is 4.31. The van der Waals surface area contributed by atoms with Gasteiger partial charge in [-0.1, -0.05) is 35.3 Å². The number of halogens is 2. The summed E-state index contributed by atoms with van der Waals surface area (Å²) in [6.07, 6.45) is 1.95. The Balaban J connectivity index is 1.37. The molecule has 27 heavy (non-hydrogen) atoms. The minimum absolute atomic E-state index is 0.113. The van der Waals surface area contributed by atoms with E-state index in [-0.39, 0.29) is 11.6 Å². The molecule has 0 saturated carbocycles. The molecule has 0 atom stereocenters. The number of rotatable bonds is 4. The van der Waals surface area contributed by atoms with Gasteiger partial charge in [-0.25, -0.2) is 4.98 Å². The van der Waals surface area contributed by atoms with Crippen molar-refractivity contribution in [2.75, 3.05) is 18.4 Å². The Morgan fingerprint density at radius 2 is 1.81 bits per heavy atom. The summed E-state index contributed by atoms with van der Waals surface area (Å²) >= 11 is 12.2. The Labute approximate surface area is 167 Å². The number of aromatic nitrogens is 2. The summed E-state index contributed by atoms with van der Waals surface area (Å²) in [5, 5.41) is 5.32. The van der Waals surface area contributed by atoms with Crippen molar-refractivity contribution in [2.45, 2.75) is 25.4 Å². The standard InChI is InChI=1S/C20H20Cl2N4O/c21-14-9-13(10-15(22)11-14)12-26-7-5-16(6-8-26)23-20-24-18-4-2-1-3-17(18)19(27)25-20/h1-4,9-11,16H,5-8,12H2,(H2,23,24,25,27). The fourth-order valence-electron chi connectivity index (χ4n) is 3.54. The molecule has 1 aliphatic heterocycles. The van der Waals surface area contributed by atoms with Crippen molar-refractivity contribution in [3.05, 3.63) is 68.4 Å². The van der Waals surface area contributed by atoms with Gasteiger partial charge in [0.05, 0.1) is 10.9 Å². The number of benzene rings is 2. The number of fused-ring (bicyclic) bond motifs is 1. The van der Waals surface area contributed by atoms with Gasteiger partial charge in [0.2, 0.25) is 5.95 Å². The van der Waals surface area contributed by atoms with Crippen LogP contribution in [0.25, 0.3) is 10.9 Å². The van der Waals surface area contributed by atoms with E-state index in [2.05, 4.69) is 20.2 Å². The average Bonchev–Trinajstić information content (AvgIpc) is 2.63. The van der Waals surface area contributed by atoms with Crippen LogP contribution in [0.3, 0.4) is 0 Å². The summed E-state index contributed by atoms with van der Waals surface area (Å²) in [5.74, 6) is 0.541. The predicted molar refractivity (Wildman–Crippen MR) is 111 cm³/mol. The fraction of sp³-hybridized carbons (Fsp3) is 0.300. The zero-order valence-electron chi connectivity index (χ0n) is 14.7. The van der Waals surface area contributed by atoms with Gasteiger partial charge in [0.25, 0.3) is 5.56 Å². The Morgan fingerprint density at radius 3 is 2.56 bits per heavy atom. The van der Waals surface area contributed by atoms with E-state index >= 15 is 0 Å². The SMILES string of the molecule is O=c1[nH]c(NC2CCN(Cc3cc(Cl)cc(Cl)c3)CC2)nc2ccccc12. The van der Waals surface area contributed by atoms with Crippen molar-refractivity contribution in [2.24, 2.45) is 0 Å². The van der Waals surface area contributed by atoms with Crippen LogP contribution < -0.4 is 10.9 Å². The summed E-state index contributed by atoms with van der Waals surface area (Å²) in [7, 11) is 0. The van der Waals surface area contributed by atoms with Gasteiger partial charge in [0.15, 0.2) is 0 Å². The highest BCUT2D eigenvalue weighted by atomic mass is 35.5. The maximum absolute atomic E-state index is 12.2. The molecule has 0 spiro atoms. The lowest BCUT2D eigenvalue weighted by atomic mass is 10.0. The summed E-state index contributed by atoms with van der Waals surface area (Å²) in [5.41, 5.74) is 1.72. The second kappa shape index (κ2) is 7.89. The zero-order chi connectivity index (χ0) is 18.8. The summed E-state index contributed by atoms with van der Waals surface area (Å²) < 4.78 is 0. The molecular formula is C20H20Cl2N4O. The molecule has 5 nitrogen and oxygen atoms in total. The maximum atomic E-state index is 12.2. The van der Waals surface area contributed by atoms with E-state index in [1.165, 1.54) is 0 Å².